The van der Waals surface area contributed by atoms with Crippen molar-refractivity contribution in [3.8, 4) is 5.75 Å². The van der Waals surface area contributed by atoms with E-state index < -0.39 is 16.0 Å². The van der Waals surface area contributed by atoms with Crippen LogP contribution in [0.3, 0.4) is 0 Å². The number of sulfonamides is 1. The summed E-state index contributed by atoms with van der Waals surface area (Å²) in [5.74, 6) is -0.621. The molecule has 0 aromatic heterocycles. The van der Waals surface area contributed by atoms with Crippen LogP contribution in [0.2, 0.25) is 0 Å². The van der Waals surface area contributed by atoms with Crippen LogP contribution < -0.4 is 4.74 Å². The first kappa shape index (κ1) is 15.5. The van der Waals surface area contributed by atoms with Gasteiger partial charge in [-0.2, -0.15) is 0 Å². The van der Waals surface area contributed by atoms with Crippen LogP contribution in [0.25, 0.3) is 0 Å². The standard InChI is InChI=1S/C12H17NO5S/c1-13(7-6-12(14)15)19(16,17)9-10-4-3-5-11(8-10)18-2/h3-5,8H,6-7,9H2,1-2H3,(H,14,15). The molecule has 0 aliphatic heterocycles. The Morgan fingerprint density at radius 2 is 2.11 bits per heavy atom. The normalized spacial score (nSPS) is 11.5. The van der Waals surface area contributed by atoms with Gasteiger partial charge in [0, 0.05) is 13.6 Å². The van der Waals surface area contributed by atoms with Crippen LogP contribution in [-0.4, -0.2) is 44.5 Å². The summed E-state index contributed by atoms with van der Waals surface area (Å²) in [6.07, 6.45) is -0.214. The Balaban J connectivity index is 2.75. The molecule has 0 fully saturated rings. The van der Waals surface area contributed by atoms with Crippen LogP contribution in [0, 0.1) is 0 Å². The number of methoxy groups -OCH3 is 1. The van der Waals surface area contributed by atoms with Gasteiger partial charge in [0.1, 0.15) is 5.75 Å². The van der Waals surface area contributed by atoms with Gasteiger partial charge in [0.2, 0.25) is 10.0 Å². The number of carbonyl (C=O) groups is 1. The number of hydrogen-bond acceptors (Lipinski definition) is 4. The third-order valence-corrected chi connectivity index (χ3v) is 4.43. The van der Waals surface area contributed by atoms with E-state index in [4.69, 9.17) is 9.84 Å². The van der Waals surface area contributed by atoms with Crippen molar-refractivity contribution >= 4 is 16.0 Å². The highest BCUT2D eigenvalue weighted by Crippen LogP contribution is 2.16. The Bertz CT molecular complexity index is 541. The van der Waals surface area contributed by atoms with E-state index in [1.807, 2.05) is 0 Å². The van der Waals surface area contributed by atoms with Crippen molar-refractivity contribution in [1.29, 1.82) is 0 Å². The molecule has 0 amide bonds. The minimum atomic E-state index is -3.52. The molecule has 6 nitrogen and oxygen atoms in total. The van der Waals surface area contributed by atoms with Gasteiger partial charge in [0.05, 0.1) is 19.3 Å². The van der Waals surface area contributed by atoms with E-state index in [1.165, 1.54) is 14.2 Å². The zero-order valence-corrected chi connectivity index (χ0v) is 11.7. The van der Waals surface area contributed by atoms with Crippen molar-refractivity contribution in [3.63, 3.8) is 0 Å². The highest BCUT2D eigenvalue weighted by Gasteiger charge is 2.19. The third-order valence-electron chi connectivity index (χ3n) is 2.60. The van der Waals surface area contributed by atoms with Gasteiger partial charge >= 0.3 is 5.97 Å². The largest absolute Gasteiger partial charge is 0.497 e. The molecule has 0 aliphatic carbocycles. The molecule has 7 heteroatoms. The fraction of sp³-hybridized carbons (Fsp3) is 0.417. The summed E-state index contributed by atoms with van der Waals surface area (Å²) in [7, 11) is -0.640. The quantitative estimate of drug-likeness (QED) is 0.806. The molecular weight excluding hydrogens is 270 g/mol. The Kier molecular flexibility index (Phi) is 5.31. The summed E-state index contributed by atoms with van der Waals surface area (Å²) in [6.45, 7) is -0.0400. The van der Waals surface area contributed by atoms with Gasteiger partial charge in [-0.1, -0.05) is 12.1 Å². The predicted octanol–water partition coefficient (Wildman–Crippen LogP) is 0.931. The fourth-order valence-electron chi connectivity index (χ4n) is 1.48. The molecule has 0 saturated carbocycles. The van der Waals surface area contributed by atoms with E-state index in [0.717, 1.165) is 4.31 Å². The molecule has 0 bridgehead atoms. The Hall–Kier alpha value is -1.60. The highest BCUT2D eigenvalue weighted by atomic mass is 32.2. The maximum absolute atomic E-state index is 12.0. The first-order chi connectivity index (χ1) is 8.85. The third kappa shape index (κ3) is 4.88. The van der Waals surface area contributed by atoms with Gasteiger partial charge in [0.25, 0.3) is 0 Å². The Morgan fingerprint density at radius 3 is 2.68 bits per heavy atom. The molecule has 0 atom stereocenters. The van der Waals surface area contributed by atoms with Crippen LogP contribution >= 0.6 is 0 Å². The Labute approximate surface area is 112 Å². The number of nitrogens with zero attached hydrogens (tertiary/aromatic N) is 1. The van der Waals surface area contributed by atoms with Crippen molar-refractivity contribution in [3.05, 3.63) is 29.8 Å². The van der Waals surface area contributed by atoms with E-state index in [9.17, 15) is 13.2 Å². The zero-order valence-electron chi connectivity index (χ0n) is 10.9. The molecule has 106 valence electrons. The van der Waals surface area contributed by atoms with E-state index in [1.54, 1.807) is 24.3 Å². The van der Waals surface area contributed by atoms with Crippen molar-refractivity contribution in [2.45, 2.75) is 12.2 Å². The molecule has 0 unspecified atom stereocenters. The molecular formula is C12H17NO5S. The Morgan fingerprint density at radius 1 is 1.42 bits per heavy atom. The van der Waals surface area contributed by atoms with E-state index in [0.29, 0.717) is 11.3 Å². The lowest BCUT2D eigenvalue weighted by molar-refractivity contribution is -0.137. The van der Waals surface area contributed by atoms with Gasteiger partial charge in [-0.05, 0) is 17.7 Å². The van der Waals surface area contributed by atoms with Crippen LogP contribution in [0.1, 0.15) is 12.0 Å². The van der Waals surface area contributed by atoms with E-state index in [2.05, 4.69) is 0 Å². The molecule has 0 radical (unpaired) electrons. The van der Waals surface area contributed by atoms with Gasteiger partial charge in [-0.25, -0.2) is 12.7 Å². The maximum atomic E-state index is 12.0. The lowest BCUT2D eigenvalue weighted by Gasteiger charge is -2.16. The van der Waals surface area contributed by atoms with Gasteiger partial charge in [-0.3, -0.25) is 4.79 Å². The second kappa shape index (κ2) is 6.53. The van der Waals surface area contributed by atoms with Crippen LogP contribution in [-0.2, 0) is 20.6 Å². The first-order valence-corrected chi connectivity index (χ1v) is 7.25. The van der Waals surface area contributed by atoms with Crippen molar-refractivity contribution < 1.29 is 23.1 Å². The summed E-state index contributed by atoms with van der Waals surface area (Å²) in [5, 5.41) is 8.55. The summed E-state index contributed by atoms with van der Waals surface area (Å²) in [5.41, 5.74) is 0.599. The first-order valence-electron chi connectivity index (χ1n) is 5.64. The number of aliphatic carboxylic acids is 1. The number of carboxylic acids is 1. The molecule has 0 spiro atoms. The zero-order chi connectivity index (χ0) is 14.5. The molecule has 19 heavy (non-hydrogen) atoms. The number of carboxylic acid groups (broad SMARTS) is 1. The second-order valence-electron chi connectivity index (χ2n) is 4.07. The van der Waals surface area contributed by atoms with E-state index >= 15 is 0 Å². The number of rotatable bonds is 7. The van der Waals surface area contributed by atoms with Crippen molar-refractivity contribution in [2.75, 3.05) is 20.7 Å². The highest BCUT2D eigenvalue weighted by molar-refractivity contribution is 7.88. The van der Waals surface area contributed by atoms with Gasteiger partial charge in [0.15, 0.2) is 0 Å². The van der Waals surface area contributed by atoms with Crippen LogP contribution in [0.5, 0.6) is 5.75 Å². The van der Waals surface area contributed by atoms with Crippen molar-refractivity contribution in [2.24, 2.45) is 0 Å². The summed E-state index contributed by atoms with van der Waals surface area (Å²) >= 11 is 0. The molecule has 0 saturated heterocycles. The predicted molar refractivity (Wildman–Crippen MR) is 70.5 cm³/mol. The number of benzene rings is 1. The molecule has 1 aromatic rings. The van der Waals surface area contributed by atoms with E-state index in [-0.39, 0.29) is 18.7 Å². The molecule has 1 N–H and O–H groups in total. The lowest BCUT2D eigenvalue weighted by Crippen LogP contribution is -2.30. The monoisotopic (exact) mass is 287 g/mol. The van der Waals surface area contributed by atoms with Gasteiger partial charge in [-0.15, -0.1) is 0 Å². The average molecular weight is 287 g/mol. The van der Waals surface area contributed by atoms with Crippen molar-refractivity contribution in [1.82, 2.24) is 4.31 Å². The summed E-state index contributed by atoms with van der Waals surface area (Å²) < 4.78 is 30.1. The molecule has 1 aromatic carbocycles. The van der Waals surface area contributed by atoms with Crippen LogP contribution in [0.15, 0.2) is 24.3 Å². The SMILES string of the molecule is COc1cccc(CS(=O)(=O)N(C)CCC(=O)O)c1. The van der Waals surface area contributed by atoms with Crippen LogP contribution in [0.4, 0.5) is 0 Å². The molecule has 1 rings (SSSR count). The van der Waals surface area contributed by atoms with Gasteiger partial charge < -0.3 is 9.84 Å². The maximum Gasteiger partial charge on any atom is 0.304 e. The fourth-order valence-corrected chi connectivity index (χ4v) is 2.67. The average Bonchev–Trinajstić information content (AvgIpc) is 2.35. The minimum absolute atomic E-state index is 0.0400. The molecule has 0 aliphatic rings. The summed E-state index contributed by atoms with van der Waals surface area (Å²) in [6, 6.07) is 6.76. The lowest BCUT2D eigenvalue weighted by atomic mass is 10.2. The number of ether oxygens (including phenoxy) is 1. The smallest absolute Gasteiger partial charge is 0.304 e. The number of hydrogen-bond donors (Lipinski definition) is 1. The molecule has 0 heterocycles. The minimum Gasteiger partial charge on any atom is -0.497 e. The second-order valence-corrected chi connectivity index (χ2v) is 6.15. The summed E-state index contributed by atoms with van der Waals surface area (Å²) in [4.78, 5) is 10.4. The topological polar surface area (TPSA) is 83.9 Å².